The van der Waals surface area contributed by atoms with E-state index in [2.05, 4.69) is 0 Å². The molecule has 0 spiro atoms. The fraction of sp³-hybridized carbons (Fsp3) is 0.394. The summed E-state index contributed by atoms with van der Waals surface area (Å²) in [5.74, 6) is -2.56. The minimum atomic E-state index is -5.15. The molecule has 2 saturated heterocycles. The molecule has 2 fully saturated rings. The molecule has 5 nitrogen and oxygen atoms in total. The number of piperidine rings is 1. The number of halogens is 12. The Morgan fingerprint density at radius 2 is 0.920 bits per heavy atom. The largest absolute Gasteiger partial charge is 0.416 e. The summed E-state index contributed by atoms with van der Waals surface area (Å²) in [6, 6.07) is 9.59. The second kappa shape index (κ2) is 13.5. The van der Waals surface area contributed by atoms with Crippen molar-refractivity contribution in [2.24, 2.45) is 0 Å². The molecule has 50 heavy (non-hydrogen) atoms. The summed E-state index contributed by atoms with van der Waals surface area (Å²) in [5, 5.41) is 0. The molecule has 0 N–H and O–H groups in total. The lowest BCUT2D eigenvalue weighted by Crippen LogP contribution is -2.57. The maximum atomic E-state index is 13.5. The Balaban J connectivity index is 1.35. The van der Waals surface area contributed by atoms with Gasteiger partial charge in [0.2, 0.25) is 0 Å². The highest BCUT2D eigenvalue weighted by atomic mass is 19.4. The van der Waals surface area contributed by atoms with Crippen molar-refractivity contribution in [3.05, 3.63) is 106 Å². The van der Waals surface area contributed by atoms with Gasteiger partial charge in [-0.05, 0) is 48.4 Å². The first-order valence-corrected chi connectivity index (χ1v) is 15.1. The van der Waals surface area contributed by atoms with Crippen molar-refractivity contribution in [1.82, 2.24) is 14.7 Å². The Kier molecular flexibility index (Phi) is 9.95. The van der Waals surface area contributed by atoms with Crippen LogP contribution in [0.25, 0.3) is 0 Å². The Morgan fingerprint density at radius 3 is 1.32 bits per heavy atom. The Morgan fingerprint density at radius 1 is 0.520 bits per heavy atom. The molecule has 3 aromatic carbocycles. The van der Waals surface area contributed by atoms with Gasteiger partial charge in [0.15, 0.2) is 0 Å². The topological polar surface area (TPSA) is 43.9 Å². The molecule has 270 valence electrons. The molecule has 3 aromatic rings. The summed E-state index contributed by atoms with van der Waals surface area (Å²) < 4.78 is 161. The highest BCUT2D eigenvalue weighted by Gasteiger charge is 2.42. The lowest BCUT2D eigenvalue weighted by molar-refractivity contribution is -0.144. The van der Waals surface area contributed by atoms with Crippen molar-refractivity contribution in [2.45, 2.75) is 43.1 Å². The maximum Gasteiger partial charge on any atom is 0.416 e. The third-order valence-corrected chi connectivity index (χ3v) is 8.83. The van der Waals surface area contributed by atoms with Crippen LogP contribution in [0, 0.1) is 0 Å². The average Bonchev–Trinajstić information content (AvgIpc) is 3.06. The first-order chi connectivity index (χ1) is 23.1. The van der Waals surface area contributed by atoms with Crippen LogP contribution in [-0.2, 0) is 24.7 Å². The fourth-order valence-corrected chi connectivity index (χ4v) is 6.37. The van der Waals surface area contributed by atoms with Crippen LogP contribution >= 0.6 is 0 Å². The van der Waals surface area contributed by atoms with E-state index >= 15 is 0 Å². The molecule has 2 amide bonds. The van der Waals surface area contributed by atoms with E-state index in [1.807, 2.05) is 4.90 Å². The minimum absolute atomic E-state index is 0.0476. The number of benzene rings is 3. The minimum Gasteiger partial charge on any atom is -0.338 e. The van der Waals surface area contributed by atoms with Gasteiger partial charge in [-0.15, -0.1) is 0 Å². The molecule has 17 heteroatoms. The molecule has 0 bridgehead atoms. The number of amides is 2. The van der Waals surface area contributed by atoms with Gasteiger partial charge in [0.05, 0.1) is 22.3 Å². The van der Waals surface area contributed by atoms with Gasteiger partial charge in [-0.3, -0.25) is 14.5 Å². The van der Waals surface area contributed by atoms with Crippen LogP contribution in [0.2, 0.25) is 0 Å². The van der Waals surface area contributed by atoms with Crippen molar-refractivity contribution in [1.29, 1.82) is 0 Å². The van der Waals surface area contributed by atoms with Gasteiger partial charge in [-0.2, -0.15) is 52.7 Å². The lowest BCUT2D eigenvalue weighted by Gasteiger charge is -2.47. The van der Waals surface area contributed by atoms with Gasteiger partial charge in [-0.25, -0.2) is 0 Å². The van der Waals surface area contributed by atoms with E-state index in [9.17, 15) is 62.3 Å². The van der Waals surface area contributed by atoms with Crippen LogP contribution < -0.4 is 0 Å². The van der Waals surface area contributed by atoms with Gasteiger partial charge in [0.1, 0.15) is 0 Å². The van der Waals surface area contributed by atoms with E-state index in [0.717, 1.165) is 4.90 Å². The van der Waals surface area contributed by atoms with Crippen LogP contribution in [0.3, 0.4) is 0 Å². The van der Waals surface area contributed by atoms with Crippen LogP contribution in [-0.4, -0.2) is 71.8 Å². The van der Waals surface area contributed by atoms with Crippen molar-refractivity contribution in [2.75, 3.05) is 39.3 Å². The van der Waals surface area contributed by atoms with Gasteiger partial charge >= 0.3 is 24.7 Å². The number of rotatable bonds is 4. The highest BCUT2D eigenvalue weighted by molar-refractivity contribution is 5.95. The predicted octanol–water partition coefficient (Wildman–Crippen LogP) is 8.22. The number of carbonyl (C=O) groups is 2. The predicted molar refractivity (Wildman–Crippen MR) is 154 cm³/mol. The molecule has 0 saturated carbocycles. The number of hydrogen-bond donors (Lipinski definition) is 0. The number of nitrogens with zero attached hydrogens (tertiary/aromatic N) is 3. The van der Waals surface area contributed by atoms with Crippen molar-refractivity contribution in [3.63, 3.8) is 0 Å². The summed E-state index contributed by atoms with van der Waals surface area (Å²) in [6.07, 6.45) is -20.4. The Labute approximate surface area is 277 Å². The maximum absolute atomic E-state index is 13.5. The second-order valence-electron chi connectivity index (χ2n) is 12.0. The molecule has 0 aromatic heterocycles. The summed E-state index contributed by atoms with van der Waals surface area (Å²) in [5.41, 5.74) is -7.36. The molecule has 2 aliphatic heterocycles. The molecule has 2 aliphatic rings. The molecule has 2 heterocycles. The van der Waals surface area contributed by atoms with Gasteiger partial charge in [-0.1, -0.05) is 30.3 Å². The SMILES string of the molecule is O=C(c1cc(C(F)(F)F)cc(C(F)(F)F)c1)N1CCN([C@H]2CCN(C(=O)c3cc(C(F)(F)F)cc(C(F)(F)F)c3)C[C@H]2c2ccccc2)CC1. The standard InChI is InChI=1S/C33H27F12N3O2/c34-30(35,36)22-12-20(13-23(16-22)31(37,38)39)28(49)47-10-8-46(9-11-47)27-6-7-48(18-26(27)19-4-2-1-3-5-19)29(50)21-14-24(32(40,41)42)17-25(15-21)33(43,44)45/h1-5,12-17,26-27H,6-11,18H2/t26-,27-/m0/s1. The summed E-state index contributed by atoms with van der Waals surface area (Å²) in [7, 11) is 0. The third-order valence-electron chi connectivity index (χ3n) is 8.83. The van der Waals surface area contributed by atoms with Crippen LogP contribution in [0.1, 0.15) is 60.9 Å². The van der Waals surface area contributed by atoms with E-state index in [-0.39, 0.29) is 63.9 Å². The molecule has 0 radical (unpaired) electrons. The smallest absolute Gasteiger partial charge is 0.338 e. The average molecular weight is 726 g/mol. The second-order valence-corrected chi connectivity index (χ2v) is 12.0. The van der Waals surface area contributed by atoms with Crippen molar-refractivity contribution in [3.8, 4) is 0 Å². The molecule has 2 atom stereocenters. The number of piperazine rings is 1. The van der Waals surface area contributed by atoms with Gasteiger partial charge in [0.25, 0.3) is 11.8 Å². The molecule has 5 rings (SSSR count). The Bertz CT molecular complexity index is 1650. The monoisotopic (exact) mass is 725 g/mol. The number of alkyl halides is 12. The highest BCUT2D eigenvalue weighted by Crippen LogP contribution is 2.39. The summed E-state index contributed by atoms with van der Waals surface area (Å²) in [6.45, 7) is 0.00844. The lowest BCUT2D eigenvalue weighted by atomic mass is 9.84. The fourth-order valence-electron chi connectivity index (χ4n) is 6.37. The van der Waals surface area contributed by atoms with E-state index < -0.39 is 75.8 Å². The van der Waals surface area contributed by atoms with Crippen molar-refractivity contribution < 1.29 is 62.3 Å². The number of hydrogen-bond acceptors (Lipinski definition) is 3. The normalized spacial score (nSPS) is 19.8. The van der Waals surface area contributed by atoms with E-state index in [1.165, 1.54) is 4.90 Å². The van der Waals surface area contributed by atoms with E-state index in [1.54, 1.807) is 30.3 Å². The van der Waals surface area contributed by atoms with Gasteiger partial charge < -0.3 is 9.80 Å². The molecular formula is C33H27F12N3O2. The molecule has 0 aliphatic carbocycles. The van der Waals surface area contributed by atoms with E-state index in [0.29, 0.717) is 29.8 Å². The van der Waals surface area contributed by atoms with Crippen LogP contribution in [0.4, 0.5) is 52.7 Å². The first-order valence-electron chi connectivity index (χ1n) is 15.1. The zero-order chi connectivity index (χ0) is 36.8. The zero-order valence-electron chi connectivity index (χ0n) is 25.6. The number of carbonyl (C=O) groups excluding carboxylic acids is 2. The summed E-state index contributed by atoms with van der Waals surface area (Å²) >= 11 is 0. The molecular weight excluding hydrogens is 698 g/mol. The Hall–Kier alpha value is -4.28. The van der Waals surface area contributed by atoms with Gasteiger partial charge in [0, 0.05) is 62.4 Å². The summed E-state index contributed by atoms with van der Waals surface area (Å²) in [4.78, 5) is 30.8. The number of likely N-dealkylation sites (tertiary alicyclic amines) is 1. The van der Waals surface area contributed by atoms with Crippen LogP contribution in [0.5, 0.6) is 0 Å². The first kappa shape index (κ1) is 37.0. The van der Waals surface area contributed by atoms with E-state index in [4.69, 9.17) is 0 Å². The third kappa shape index (κ3) is 8.19. The zero-order valence-corrected chi connectivity index (χ0v) is 25.6. The van der Waals surface area contributed by atoms with Crippen molar-refractivity contribution >= 4 is 11.8 Å². The van der Waals surface area contributed by atoms with Crippen LogP contribution in [0.15, 0.2) is 66.7 Å². The molecule has 0 unspecified atom stereocenters. The quantitative estimate of drug-likeness (QED) is 0.255.